The van der Waals surface area contributed by atoms with Gasteiger partial charge in [0.2, 0.25) is 5.91 Å². The van der Waals surface area contributed by atoms with Gasteiger partial charge < -0.3 is 10.2 Å². The number of nitrogens with one attached hydrogen (secondary N) is 1. The molecule has 0 spiro atoms. The van der Waals surface area contributed by atoms with E-state index in [0.717, 1.165) is 29.7 Å². The zero-order valence-corrected chi connectivity index (χ0v) is 20.0. The van der Waals surface area contributed by atoms with Gasteiger partial charge in [0.15, 0.2) is 0 Å². The molecule has 2 aromatic carbocycles. The fourth-order valence-electron chi connectivity index (χ4n) is 5.41. The summed E-state index contributed by atoms with van der Waals surface area (Å²) in [5, 5.41) is 5.42. The van der Waals surface area contributed by atoms with Gasteiger partial charge in [0.25, 0.3) is 5.91 Å². The van der Waals surface area contributed by atoms with Crippen molar-refractivity contribution >= 4 is 23.2 Å². The molecule has 1 aliphatic heterocycles. The van der Waals surface area contributed by atoms with Crippen molar-refractivity contribution in [1.82, 2.24) is 10.2 Å². The summed E-state index contributed by atoms with van der Waals surface area (Å²) in [5.41, 5.74) is 4.03. The van der Waals surface area contributed by atoms with E-state index in [-0.39, 0.29) is 23.9 Å². The van der Waals surface area contributed by atoms with Gasteiger partial charge in [-0.2, -0.15) is 0 Å². The van der Waals surface area contributed by atoms with Crippen molar-refractivity contribution in [2.45, 2.75) is 51.1 Å². The van der Waals surface area contributed by atoms with E-state index in [1.165, 1.54) is 11.1 Å². The second-order valence-corrected chi connectivity index (χ2v) is 10.5. The first-order chi connectivity index (χ1) is 16.0. The third kappa shape index (κ3) is 4.10. The van der Waals surface area contributed by atoms with Gasteiger partial charge in [-0.3, -0.25) is 9.59 Å². The maximum absolute atomic E-state index is 14.0. The Labute approximate surface area is 199 Å². The minimum atomic E-state index is -0.439. The van der Waals surface area contributed by atoms with Crippen molar-refractivity contribution in [3.8, 4) is 0 Å². The lowest BCUT2D eigenvalue weighted by Crippen LogP contribution is -2.48. The van der Waals surface area contributed by atoms with E-state index < -0.39 is 5.92 Å². The molecule has 3 atom stereocenters. The number of carbonyl (C=O) groups is 2. The molecule has 1 N–H and O–H groups in total. The highest BCUT2D eigenvalue weighted by Crippen LogP contribution is 2.45. The predicted octanol–water partition coefficient (Wildman–Crippen LogP) is 5.88. The van der Waals surface area contributed by atoms with Gasteiger partial charge in [-0.25, -0.2) is 0 Å². The molecule has 170 valence electrons. The van der Waals surface area contributed by atoms with Crippen molar-refractivity contribution < 1.29 is 9.59 Å². The van der Waals surface area contributed by atoms with Gasteiger partial charge in [-0.15, -0.1) is 11.3 Å². The molecular weight excluding hydrogens is 428 g/mol. The Hall–Kier alpha value is -2.92. The van der Waals surface area contributed by atoms with Crippen LogP contribution in [0.3, 0.4) is 0 Å². The molecule has 0 radical (unpaired) electrons. The van der Waals surface area contributed by atoms with Crippen molar-refractivity contribution in [3.05, 3.63) is 93.2 Å². The molecule has 0 bridgehead atoms. The molecule has 0 saturated heterocycles. The van der Waals surface area contributed by atoms with E-state index >= 15 is 0 Å². The lowest BCUT2D eigenvalue weighted by atomic mass is 9.80. The lowest BCUT2D eigenvalue weighted by Gasteiger charge is -2.42. The molecule has 0 fully saturated rings. The topological polar surface area (TPSA) is 49.4 Å². The molecule has 4 nitrogen and oxygen atoms in total. The van der Waals surface area contributed by atoms with Crippen molar-refractivity contribution in [2.24, 2.45) is 5.92 Å². The third-order valence-corrected chi connectivity index (χ3v) is 7.75. The molecule has 2 heterocycles. The predicted molar refractivity (Wildman–Crippen MR) is 132 cm³/mol. The Morgan fingerprint density at radius 3 is 2.58 bits per heavy atom. The molecule has 3 aromatic rings. The summed E-state index contributed by atoms with van der Waals surface area (Å²) in [7, 11) is 0. The third-order valence-electron chi connectivity index (χ3n) is 6.80. The molecule has 2 aliphatic rings. The molecule has 3 unspecified atom stereocenters. The maximum Gasteiger partial charge on any atom is 0.254 e. The van der Waals surface area contributed by atoms with Crippen molar-refractivity contribution in [1.29, 1.82) is 0 Å². The molecule has 33 heavy (non-hydrogen) atoms. The van der Waals surface area contributed by atoms with Crippen LogP contribution in [0.2, 0.25) is 0 Å². The standard InChI is InChI=1S/C28H30N2O2S/c1-18(2)17-30-26(24-15-8-16-33-24)25(21-12-5-6-13-22(21)28(30)32)27(31)29-23-14-7-10-19-9-3-4-11-20(19)23/h3-6,8-9,11-13,15-16,18,23,25-26H,7,10,14,17H2,1-2H3,(H,29,31). The van der Waals surface area contributed by atoms with Crippen LogP contribution in [0.25, 0.3) is 0 Å². The van der Waals surface area contributed by atoms with E-state index in [4.69, 9.17) is 0 Å². The van der Waals surface area contributed by atoms with Crippen LogP contribution < -0.4 is 5.32 Å². The summed E-state index contributed by atoms with van der Waals surface area (Å²) >= 11 is 1.62. The maximum atomic E-state index is 14.0. The van der Waals surface area contributed by atoms with Crippen LogP contribution >= 0.6 is 11.3 Å². The summed E-state index contributed by atoms with van der Waals surface area (Å²) in [4.78, 5) is 30.6. The van der Waals surface area contributed by atoms with E-state index in [0.29, 0.717) is 18.0 Å². The molecule has 2 amide bonds. The molecule has 5 rings (SSSR count). The van der Waals surface area contributed by atoms with Crippen LogP contribution in [0, 0.1) is 5.92 Å². The van der Waals surface area contributed by atoms with Crippen LogP contribution in [-0.2, 0) is 11.2 Å². The Bertz CT molecular complexity index is 1150. The number of fused-ring (bicyclic) bond motifs is 2. The van der Waals surface area contributed by atoms with Gasteiger partial charge in [-0.05, 0) is 59.4 Å². The van der Waals surface area contributed by atoms with Crippen molar-refractivity contribution in [3.63, 3.8) is 0 Å². The Morgan fingerprint density at radius 2 is 1.82 bits per heavy atom. The van der Waals surface area contributed by atoms with Crippen LogP contribution in [0.5, 0.6) is 0 Å². The lowest BCUT2D eigenvalue weighted by molar-refractivity contribution is -0.125. The second kappa shape index (κ2) is 9.14. The number of amides is 2. The quantitative estimate of drug-likeness (QED) is 0.519. The average molecular weight is 459 g/mol. The smallest absolute Gasteiger partial charge is 0.254 e. The number of nitrogens with zero attached hydrogens (tertiary/aromatic N) is 1. The highest BCUT2D eigenvalue weighted by molar-refractivity contribution is 7.10. The zero-order chi connectivity index (χ0) is 22.9. The number of thiophene rings is 1. The molecule has 5 heteroatoms. The molecule has 0 saturated carbocycles. The average Bonchev–Trinajstić information content (AvgIpc) is 3.35. The highest BCUT2D eigenvalue weighted by atomic mass is 32.1. The van der Waals surface area contributed by atoms with E-state index in [9.17, 15) is 9.59 Å². The summed E-state index contributed by atoms with van der Waals surface area (Å²) < 4.78 is 0. The minimum Gasteiger partial charge on any atom is -0.349 e. The van der Waals surface area contributed by atoms with Crippen molar-refractivity contribution in [2.75, 3.05) is 6.54 Å². The van der Waals surface area contributed by atoms with Crippen LogP contribution in [0.1, 0.15) is 76.6 Å². The van der Waals surface area contributed by atoms with Crippen LogP contribution in [0.4, 0.5) is 0 Å². The first-order valence-corrected chi connectivity index (χ1v) is 12.7. The van der Waals surface area contributed by atoms with E-state index in [1.54, 1.807) is 11.3 Å². The summed E-state index contributed by atoms with van der Waals surface area (Å²) in [6.45, 7) is 4.85. The number of aryl methyl sites for hydroxylation is 1. The number of rotatable bonds is 5. The Kier molecular flexibility index (Phi) is 6.07. The molecular formula is C28H30N2O2S. The summed E-state index contributed by atoms with van der Waals surface area (Å²) in [6.07, 6.45) is 3.06. The number of hydrogen-bond acceptors (Lipinski definition) is 3. The summed E-state index contributed by atoms with van der Waals surface area (Å²) in [5.74, 6) is -0.116. The van der Waals surface area contributed by atoms with Crippen LogP contribution in [0.15, 0.2) is 66.0 Å². The first-order valence-electron chi connectivity index (χ1n) is 11.9. The van der Waals surface area contributed by atoms with Gasteiger partial charge in [0.05, 0.1) is 18.0 Å². The molecule has 1 aliphatic carbocycles. The van der Waals surface area contributed by atoms with Gasteiger partial charge in [0, 0.05) is 17.0 Å². The zero-order valence-electron chi connectivity index (χ0n) is 19.2. The highest BCUT2D eigenvalue weighted by Gasteiger charge is 2.45. The normalized spacial score (nSPS) is 22.1. The van der Waals surface area contributed by atoms with Crippen LogP contribution in [-0.4, -0.2) is 23.3 Å². The van der Waals surface area contributed by atoms with Gasteiger partial charge >= 0.3 is 0 Å². The van der Waals surface area contributed by atoms with Gasteiger partial charge in [-0.1, -0.05) is 62.4 Å². The number of benzene rings is 2. The Morgan fingerprint density at radius 1 is 1.06 bits per heavy atom. The largest absolute Gasteiger partial charge is 0.349 e. The Balaban J connectivity index is 1.57. The monoisotopic (exact) mass is 458 g/mol. The number of carbonyl (C=O) groups excluding carboxylic acids is 2. The molecule has 1 aromatic heterocycles. The van der Waals surface area contributed by atoms with E-state index in [2.05, 4.69) is 49.5 Å². The minimum absolute atomic E-state index is 0.00353. The SMILES string of the molecule is CC(C)CN1C(=O)c2ccccc2C(C(=O)NC2CCCc3ccccc32)C1c1cccs1. The number of hydrogen-bond donors (Lipinski definition) is 1. The fourth-order valence-corrected chi connectivity index (χ4v) is 6.29. The first kappa shape index (κ1) is 21.9. The summed E-state index contributed by atoms with van der Waals surface area (Å²) in [6, 6.07) is 19.9. The fraction of sp³-hybridized carbons (Fsp3) is 0.357. The van der Waals surface area contributed by atoms with E-state index in [1.807, 2.05) is 40.6 Å². The van der Waals surface area contributed by atoms with Gasteiger partial charge in [0.1, 0.15) is 0 Å². The second-order valence-electron chi connectivity index (χ2n) is 9.53.